The first-order chi connectivity index (χ1) is 11.3. The van der Waals surface area contributed by atoms with Gasteiger partial charge in [-0.1, -0.05) is 24.3 Å². The molecular formula is C19H23N3O. The zero-order chi connectivity index (χ0) is 16.1. The van der Waals surface area contributed by atoms with E-state index in [-0.39, 0.29) is 5.91 Å². The number of amides is 1. The van der Waals surface area contributed by atoms with E-state index in [0.717, 1.165) is 24.7 Å². The number of carbonyl (C=O) groups excluding carboxylic acids is 1. The van der Waals surface area contributed by atoms with Crippen molar-refractivity contribution in [3.05, 3.63) is 59.3 Å². The largest absolute Gasteiger partial charge is 0.370 e. The molecule has 1 aliphatic carbocycles. The number of fused-ring (bicyclic) bond motifs is 1. The number of nitrogens with one attached hydrogen (secondary N) is 2. The van der Waals surface area contributed by atoms with Crippen LogP contribution >= 0.6 is 0 Å². The highest BCUT2D eigenvalue weighted by atomic mass is 16.1. The van der Waals surface area contributed by atoms with Gasteiger partial charge in [0.1, 0.15) is 5.82 Å². The van der Waals surface area contributed by atoms with Gasteiger partial charge in [-0.25, -0.2) is 4.98 Å². The van der Waals surface area contributed by atoms with Crippen molar-refractivity contribution in [3.63, 3.8) is 0 Å². The number of pyridine rings is 1. The number of rotatable bonds is 6. The van der Waals surface area contributed by atoms with E-state index >= 15 is 0 Å². The minimum absolute atomic E-state index is 0.0738. The van der Waals surface area contributed by atoms with Crippen LogP contribution in [0.1, 0.15) is 34.8 Å². The summed E-state index contributed by atoms with van der Waals surface area (Å²) in [7, 11) is 0. The molecule has 3 rings (SSSR count). The van der Waals surface area contributed by atoms with E-state index < -0.39 is 0 Å². The second-order valence-corrected chi connectivity index (χ2v) is 6.05. The van der Waals surface area contributed by atoms with Gasteiger partial charge in [-0.05, 0) is 55.4 Å². The second kappa shape index (κ2) is 7.27. The Labute approximate surface area is 137 Å². The van der Waals surface area contributed by atoms with Crippen molar-refractivity contribution in [2.75, 3.05) is 18.4 Å². The third-order valence-corrected chi connectivity index (χ3v) is 4.36. The van der Waals surface area contributed by atoms with Gasteiger partial charge in [-0.3, -0.25) is 4.79 Å². The van der Waals surface area contributed by atoms with Crippen LogP contribution in [0.25, 0.3) is 0 Å². The maximum Gasteiger partial charge on any atom is 0.252 e. The minimum atomic E-state index is -0.0738. The fourth-order valence-electron chi connectivity index (χ4n) is 3.15. The van der Waals surface area contributed by atoms with Crippen LogP contribution in [0.2, 0.25) is 0 Å². The molecule has 4 nitrogen and oxygen atoms in total. The Bertz CT molecular complexity index is 642. The molecule has 0 spiro atoms. The Kier molecular flexibility index (Phi) is 4.91. The summed E-state index contributed by atoms with van der Waals surface area (Å²) in [5.41, 5.74) is 3.60. The number of carbonyl (C=O) groups is 1. The second-order valence-electron chi connectivity index (χ2n) is 6.05. The molecular weight excluding hydrogens is 286 g/mol. The number of aromatic nitrogens is 1. The van der Waals surface area contributed by atoms with E-state index in [1.54, 1.807) is 6.20 Å². The van der Waals surface area contributed by atoms with Gasteiger partial charge in [0.2, 0.25) is 0 Å². The van der Waals surface area contributed by atoms with Gasteiger partial charge in [-0.15, -0.1) is 0 Å². The lowest BCUT2D eigenvalue weighted by Crippen LogP contribution is -2.22. The van der Waals surface area contributed by atoms with Crippen molar-refractivity contribution in [2.45, 2.75) is 26.2 Å². The van der Waals surface area contributed by atoms with Crippen LogP contribution in [-0.2, 0) is 12.8 Å². The number of hydrogen-bond acceptors (Lipinski definition) is 3. The first kappa shape index (κ1) is 15.5. The molecule has 0 saturated carbocycles. The average Bonchev–Trinajstić information content (AvgIpc) is 2.98. The van der Waals surface area contributed by atoms with Gasteiger partial charge in [0.15, 0.2) is 0 Å². The molecule has 0 atom stereocenters. The Morgan fingerprint density at radius 2 is 1.91 bits per heavy atom. The minimum Gasteiger partial charge on any atom is -0.370 e. The molecule has 0 aliphatic heterocycles. The Hall–Kier alpha value is -2.36. The fourth-order valence-corrected chi connectivity index (χ4v) is 3.15. The topological polar surface area (TPSA) is 54.0 Å². The number of benzene rings is 1. The fraction of sp³-hybridized carbons (Fsp3) is 0.368. The number of hydrogen-bond donors (Lipinski definition) is 2. The molecule has 0 radical (unpaired) electrons. The molecule has 1 aromatic heterocycles. The van der Waals surface area contributed by atoms with Gasteiger partial charge < -0.3 is 10.6 Å². The van der Waals surface area contributed by atoms with Gasteiger partial charge >= 0.3 is 0 Å². The van der Waals surface area contributed by atoms with Crippen molar-refractivity contribution in [1.29, 1.82) is 0 Å². The first-order valence-electron chi connectivity index (χ1n) is 8.31. The Morgan fingerprint density at radius 1 is 1.17 bits per heavy atom. The molecule has 4 heteroatoms. The van der Waals surface area contributed by atoms with Crippen LogP contribution in [0.5, 0.6) is 0 Å². The summed E-state index contributed by atoms with van der Waals surface area (Å²) in [6.45, 7) is 3.44. The molecule has 0 unspecified atom stereocenters. The Morgan fingerprint density at radius 3 is 2.52 bits per heavy atom. The lowest BCUT2D eigenvalue weighted by Gasteiger charge is -2.10. The molecule has 120 valence electrons. The van der Waals surface area contributed by atoms with Crippen molar-refractivity contribution in [2.24, 2.45) is 5.92 Å². The highest BCUT2D eigenvalue weighted by molar-refractivity contribution is 5.93. The summed E-state index contributed by atoms with van der Waals surface area (Å²) >= 11 is 0. The molecule has 0 saturated heterocycles. The van der Waals surface area contributed by atoms with E-state index in [1.165, 1.54) is 24.0 Å². The van der Waals surface area contributed by atoms with Crippen LogP contribution in [0.15, 0.2) is 42.6 Å². The number of anilines is 1. The standard InChI is InChI=1S/C19H23N3O/c1-2-20-19(23)17-7-8-18(22-13-17)21-10-9-14-11-15-5-3-4-6-16(15)12-14/h3-8,13-14H,2,9-12H2,1H3,(H,20,23)(H,21,22). The molecule has 23 heavy (non-hydrogen) atoms. The van der Waals surface area contributed by atoms with Crippen molar-refractivity contribution in [3.8, 4) is 0 Å². The highest BCUT2D eigenvalue weighted by Gasteiger charge is 2.20. The van der Waals surface area contributed by atoms with E-state index in [2.05, 4.69) is 39.9 Å². The smallest absolute Gasteiger partial charge is 0.252 e. The zero-order valence-electron chi connectivity index (χ0n) is 13.5. The summed E-state index contributed by atoms with van der Waals surface area (Å²) < 4.78 is 0. The summed E-state index contributed by atoms with van der Waals surface area (Å²) in [6.07, 6.45) is 5.12. The SMILES string of the molecule is CCNC(=O)c1ccc(NCCC2Cc3ccccc3C2)nc1. The number of nitrogens with zero attached hydrogens (tertiary/aromatic N) is 1. The van der Waals surface area contributed by atoms with Crippen molar-refractivity contribution in [1.82, 2.24) is 10.3 Å². The summed E-state index contributed by atoms with van der Waals surface area (Å²) in [5, 5.41) is 6.12. The van der Waals surface area contributed by atoms with E-state index in [4.69, 9.17) is 0 Å². The average molecular weight is 309 g/mol. The third kappa shape index (κ3) is 3.89. The van der Waals surface area contributed by atoms with Crippen molar-refractivity contribution < 1.29 is 4.79 Å². The molecule has 2 N–H and O–H groups in total. The molecule has 0 bridgehead atoms. The molecule has 2 aromatic rings. The summed E-state index contributed by atoms with van der Waals surface area (Å²) in [6, 6.07) is 12.4. The highest BCUT2D eigenvalue weighted by Crippen LogP contribution is 2.28. The summed E-state index contributed by atoms with van der Waals surface area (Å²) in [5.74, 6) is 1.47. The zero-order valence-corrected chi connectivity index (χ0v) is 13.5. The van der Waals surface area contributed by atoms with Gasteiger partial charge in [0.05, 0.1) is 5.56 Å². The van der Waals surface area contributed by atoms with E-state index in [1.807, 2.05) is 19.1 Å². The van der Waals surface area contributed by atoms with Gasteiger partial charge in [0.25, 0.3) is 5.91 Å². The maximum atomic E-state index is 11.7. The van der Waals surface area contributed by atoms with Crippen molar-refractivity contribution >= 4 is 11.7 Å². The summed E-state index contributed by atoms with van der Waals surface area (Å²) in [4.78, 5) is 16.0. The predicted molar refractivity (Wildman–Crippen MR) is 92.7 cm³/mol. The van der Waals surface area contributed by atoms with Crippen LogP contribution in [0.4, 0.5) is 5.82 Å². The molecule has 1 amide bonds. The van der Waals surface area contributed by atoms with Crippen LogP contribution < -0.4 is 10.6 Å². The molecule has 1 aromatic carbocycles. The van der Waals surface area contributed by atoms with Crippen LogP contribution in [-0.4, -0.2) is 24.0 Å². The molecule has 0 fully saturated rings. The first-order valence-corrected chi connectivity index (χ1v) is 8.31. The molecule has 1 heterocycles. The maximum absolute atomic E-state index is 11.7. The predicted octanol–water partition coefficient (Wildman–Crippen LogP) is 3.05. The lowest BCUT2D eigenvalue weighted by molar-refractivity contribution is 0.0955. The third-order valence-electron chi connectivity index (χ3n) is 4.36. The van der Waals surface area contributed by atoms with E-state index in [0.29, 0.717) is 12.1 Å². The quantitative estimate of drug-likeness (QED) is 0.862. The van der Waals surface area contributed by atoms with E-state index in [9.17, 15) is 4.79 Å². The van der Waals surface area contributed by atoms with Crippen LogP contribution in [0.3, 0.4) is 0 Å². The Balaban J connectivity index is 1.46. The molecule has 1 aliphatic rings. The van der Waals surface area contributed by atoms with Gasteiger partial charge in [0, 0.05) is 19.3 Å². The van der Waals surface area contributed by atoms with Crippen LogP contribution in [0, 0.1) is 5.92 Å². The monoisotopic (exact) mass is 309 g/mol. The van der Waals surface area contributed by atoms with Gasteiger partial charge in [-0.2, -0.15) is 0 Å². The lowest BCUT2D eigenvalue weighted by atomic mass is 10.0. The normalized spacial score (nSPS) is 13.6.